The van der Waals surface area contributed by atoms with Gasteiger partial charge in [0, 0.05) is 11.8 Å². The van der Waals surface area contributed by atoms with E-state index in [9.17, 15) is 0 Å². The van der Waals surface area contributed by atoms with Crippen molar-refractivity contribution in [1.82, 2.24) is 4.98 Å². The topological polar surface area (TPSA) is 12.9 Å². The van der Waals surface area contributed by atoms with Crippen LogP contribution in [0.4, 0.5) is 0 Å². The molecule has 0 saturated carbocycles. The Morgan fingerprint density at radius 2 is 1.67 bits per heavy atom. The zero-order valence-electron chi connectivity index (χ0n) is 9.88. The Hall–Kier alpha value is -2.41. The molecule has 1 radical (unpaired) electrons. The quantitative estimate of drug-likeness (QED) is 0.642. The second-order valence-corrected chi connectivity index (χ2v) is 4.07. The van der Waals surface area contributed by atoms with Crippen molar-refractivity contribution in [1.29, 1.82) is 0 Å². The molecule has 85 valence electrons. The molecule has 0 saturated heterocycles. The van der Waals surface area contributed by atoms with Gasteiger partial charge >= 0.3 is 0 Å². The first-order valence-electron chi connectivity index (χ1n) is 5.92. The van der Waals surface area contributed by atoms with E-state index >= 15 is 0 Å². The van der Waals surface area contributed by atoms with Crippen LogP contribution in [0.5, 0.6) is 0 Å². The first-order chi connectivity index (χ1) is 8.93. The van der Waals surface area contributed by atoms with E-state index in [0.29, 0.717) is 0 Å². The average Bonchev–Trinajstić information content (AvgIpc) is 2.49. The van der Waals surface area contributed by atoms with Crippen molar-refractivity contribution in [2.24, 2.45) is 0 Å². The Morgan fingerprint density at radius 3 is 2.44 bits per heavy atom. The number of nitrogens with zero attached hydrogens (tertiary/aromatic N) is 1. The number of pyridine rings is 1. The molecule has 0 aliphatic carbocycles. The van der Waals surface area contributed by atoms with Crippen molar-refractivity contribution >= 4 is 0 Å². The summed E-state index contributed by atoms with van der Waals surface area (Å²) >= 11 is 0. The van der Waals surface area contributed by atoms with E-state index in [1.807, 2.05) is 42.6 Å². The Balaban J connectivity index is 2.05. The van der Waals surface area contributed by atoms with Crippen LogP contribution >= 0.6 is 0 Å². The summed E-state index contributed by atoms with van der Waals surface area (Å²) in [5.74, 6) is 0. The van der Waals surface area contributed by atoms with Gasteiger partial charge in [-0.3, -0.25) is 4.98 Å². The summed E-state index contributed by atoms with van der Waals surface area (Å²) in [7, 11) is 0. The molecule has 0 N–H and O–H groups in total. The predicted molar refractivity (Wildman–Crippen MR) is 73.9 cm³/mol. The van der Waals surface area contributed by atoms with Gasteiger partial charge in [-0.25, -0.2) is 0 Å². The zero-order chi connectivity index (χ0) is 12.2. The minimum absolute atomic E-state index is 0.996. The first-order valence-corrected chi connectivity index (χ1v) is 5.92. The highest BCUT2D eigenvalue weighted by atomic mass is 14.7. The lowest BCUT2D eigenvalue weighted by Gasteiger charge is -2.04. The smallest absolute Gasteiger partial charge is 0.0702 e. The van der Waals surface area contributed by atoms with Gasteiger partial charge in [0.05, 0.1) is 5.69 Å². The second-order valence-electron chi connectivity index (χ2n) is 4.07. The molecule has 1 aromatic heterocycles. The Bertz CT molecular complexity index is 575. The summed E-state index contributed by atoms with van der Waals surface area (Å²) in [5.41, 5.74) is 4.40. The van der Waals surface area contributed by atoms with Crippen molar-refractivity contribution in [3.8, 4) is 22.4 Å². The van der Waals surface area contributed by atoms with Crippen LogP contribution in [0.2, 0.25) is 0 Å². The van der Waals surface area contributed by atoms with E-state index in [0.717, 1.165) is 16.8 Å². The molecule has 0 spiro atoms. The lowest BCUT2D eigenvalue weighted by molar-refractivity contribution is 1.33. The van der Waals surface area contributed by atoms with Gasteiger partial charge in [0.1, 0.15) is 0 Å². The molecule has 2 aromatic carbocycles. The van der Waals surface area contributed by atoms with Gasteiger partial charge in [0.25, 0.3) is 0 Å². The van der Waals surface area contributed by atoms with E-state index in [1.165, 1.54) is 5.56 Å². The van der Waals surface area contributed by atoms with Crippen molar-refractivity contribution < 1.29 is 0 Å². The molecular weight excluding hydrogens is 218 g/mol. The SMILES string of the molecule is [c]1ccccc1-c1cccc(-c2ccccn2)c1. The van der Waals surface area contributed by atoms with Gasteiger partial charge in [-0.1, -0.05) is 48.5 Å². The van der Waals surface area contributed by atoms with Crippen molar-refractivity contribution in [2.75, 3.05) is 0 Å². The number of rotatable bonds is 2. The van der Waals surface area contributed by atoms with Crippen LogP contribution in [0, 0.1) is 6.07 Å². The normalized spacial score (nSPS) is 10.2. The van der Waals surface area contributed by atoms with Crippen molar-refractivity contribution in [3.63, 3.8) is 0 Å². The van der Waals surface area contributed by atoms with Crippen LogP contribution in [0.15, 0.2) is 72.9 Å². The summed E-state index contributed by atoms with van der Waals surface area (Å²) in [4.78, 5) is 4.37. The van der Waals surface area contributed by atoms with Crippen LogP contribution in [-0.2, 0) is 0 Å². The molecule has 1 heteroatoms. The van der Waals surface area contributed by atoms with Gasteiger partial charge in [-0.2, -0.15) is 0 Å². The Kier molecular flexibility index (Phi) is 2.89. The molecule has 0 fully saturated rings. The van der Waals surface area contributed by atoms with E-state index in [-0.39, 0.29) is 0 Å². The number of aromatic nitrogens is 1. The average molecular weight is 230 g/mol. The molecular formula is C17H12N. The van der Waals surface area contributed by atoms with E-state index in [1.54, 1.807) is 0 Å². The third kappa shape index (κ3) is 2.16. The van der Waals surface area contributed by atoms with E-state index in [2.05, 4.69) is 41.4 Å². The fourth-order valence-corrected chi connectivity index (χ4v) is 1.95. The van der Waals surface area contributed by atoms with E-state index in [4.69, 9.17) is 0 Å². The number of benzene rings is 2. The van der Waals surface area contributed by atoms with Crippen LogP contribution in [0.25, 0.3) is 22.4 Å². The summed E-state index contributed by atoms with van der Waals surface area (Å²) in [6.07, 6.45) is 1.82. The molecule has 18 heavy (non-hydrogen) atoms. The minimum atomic E-state index is 0.996. The maximum absolute atomic E-state index is 4.37. The molecule has 0 aliphatic heterocycles. The highest BCUT2D eigenvalue weighted by molar-refractivity contribution is 5.70. The molecule has 0 atom stereocenters. The summed E-state index contributed by atoms with van der Waals surface area (Å²) in [5, 5.41) is 0. The van der Waals surface area contributed by atoms with Crippen LogP contribution < -0.4 is 0 Å². The highest BCUT2D eigenvalue weighted by Crippen LogP contribution is 2.24. The predicted octanol–water partition coefficient (Wildman–Crippen LogP) is 4.22. The van der Waals surface area contributed by atoms with Crippen LogP contribution in [0.1, 0.15) is 0 Å². The van der Waals surface area contributed by atoms with Gasteiger partial charge in [0.2, 0.25) is 0 Å². The van der Waals surface area contributed by atoms with Gasteiger partial charge in [-0.05, 0) is 35.4 Å². The molecule has 1 nitrogen and oxygen atoms in total. The fourth-order valence-electron chi connectivity index (χ4n) is 1.95. The van der Waals surface area contributed by atoms with Crippen LogP contribution in [-0.4, -0.2) is 4.98 Å². The van der Waals surface area contributed by atoms with Gasteiger partial charge in [-0.15, -0.1) is 0 Å². The van der Waals surface area contributed by atoms with E-state index < -0.39 is 0 Å². The summed E-state index contributed by atoms with van der Waals surface area (Å²) in [6.45, 7) is 0. The van der Waals surface area contributed by atoms with Gasteiger partial charge in [0.15, 0.2) is 0 Å². The molecule has 0 unspecified atom stereocenters. The number of hydrogen-bond acceptors (Lipinski definition) is 1. The number of hydrogen-bond donors (Lipinski definition) is 0. The monoisotopic (exact) mass is 230 g/mol. The second kappa shape index (κ2) is 4.84. The standard InChI is InChI=1S/C17H12N/c1-2-7-14(8-3-1)15-9-6-10-16(13-15)17-11-4-5-12-18-17/h1-7,9-13H. The van der Waals surface area contributed by atoms with Crippen molar-refractivity contribution in [3.05, 3.63) is 79.0 Å². The summed E-state index contributed by atoms with van der Waals surface area (Å²) < 4.78 is 0. The maximum Gasteiger partial charge on any atom is 0.0702 e. The lowest BCUT2D eigenvalue weighted by atomic mass is 10.0. The van der Waals surface area contributed by atoms with Crippen molar-refractivity contribution in [2.45, 2.75) is 0 Å². The molecule has 3 rings (SSSR count). The lowest BCUT2D eigenvalue weighted by Crippen LogP contribution is -1.83. The molecule has 0 aliphatic rings. The molecule has 0 amide bonds. The molecule has 0 bridgehead atoms. The third-order valence-corrected chi connectivity index (χ3v) is 2.84. The maximum atomic E-state index is 4.37. The molecule has 3 aromatic rings. The minimum Gasteiger partial charge on any atom is -0.256 e. The summed E-state index contributed by atoms with van der Waals surface area (Å²) in [6, 6.07) is 25.6. The third-order valence-electron chi connectivity index (χ3n) is 2.84. The zero-order valence-corrected chi connectivity index (χ0v) is 9.88. The largest absolute Gasteiger partial charge is 0.256 e. The van der Waals surface area contributed by atoms with Gasteiger partial charge < -0.3 is 0 Å². The van der Waals surface area contributed by atoms with Crippen LogP contribution in [0.3, 0.4) is 0 Å². The first kappa shape index (κ1) is 10.7. The Labute approximate surface area is 107 Å². The highest BCUT2D eigenvalue weighted by Gasteiger charge is 2.01. The molecule has 1 heterocycles. The Morgan fingerprint density at radius 1 is 0.778 bits per heavy atom. The fraction of sp³-hybridized carbons (Fsp3) is 0.